The van der Waals surface area contributed by atoms with Crippen molar-refractivity contribution in [3.05, 3.63) is 66.4 Å². The van der Waals surface area contributed by atoms with Crippen LogP contribution in [0.2, 0.25) is 0 Å². The Labute approximate surface area is 101 Å². The molecule has 1 aromatic heterocycles. The molecule has 17 heavy (non-hydrogen) atoms. The van der Waals surface area contributed by atoms with E-state index >= 15 is 0 Å². The van der Waals surface area contributed by atoms with Crippen LogP contribution in [0.4, 0.5) is 0 Å². The van der Waals surface area contributed by atoms with Gasteiger partial charge in [0.2, 0.25) is 5.69 Å². The van der Waals surface area contributed by atoms with Gasteiger partial charge in [0.05, 0.1) is 5.39 Å². The Morgan fingerprint density at radius 1 is 0.824 bits per heavy atom. The highest BCUT2D eigenvalue weighted by Crippen LogP contribution is 2.24. The zero-order valence-corrected chi connectivity index (χ0v) is 9.77. The number of fused-ring (bicyclic) bond motifs is 1. The van der Waals surface area contributed by atoms with Gasteiger partial charge in [-0.25, -0.2) is 4.98 Å². The average Bonchev–Trinajstić information content (AvgIpc) is 2.39. The summed E-state index contributed by atoms with van der Waals surface area (Å²) in [7, 11) is 0. The van der Waals surface area contributed by atoms with Crippen molar-refractivity contribution in [2.24, 2.45) is 0 Å². The zero-order valence-electron chi connectivity index (χ0n) is 9.77. The van der Waals surface area contributed by atoms with Crippen LogP contribution in [0.3, 0.4) is 0 Å². The molecule has 1 heteroatoms. The Balaban J connectivity index is 2.27. The Kier molecular flexibility index (Phi) is 2.37. The highest BCUT2D eigenvalue weighted by molar-refractivity contribution is 5.92. The van der Waals surface area contributed by atoms with Crippen molar-refractivity contribution in [2.75, 3.05) is 0 Å². The first-order valence-corrected chi connectivity index (χ1v) is 5.81. The average molecular weight is 220 g/mol. The highest BCUT2D eigenvalue weighted by atomic mass is 14.7. The summed E-state index contributed by atoms with van der Waals surface area (Å²) in [6.07, 6.45) is 2.00. The quantitative estimate of drug-likeness (QED) is 0.594. The van der Waals surface area contributed by atoms with E-state index in [9.17, 15) is 0 Å². The lowest BCUT2D eigenvalue weighted by Gasteiger charge is -2.01. The molecule has 3 rings (SSSR count). The van der Waals surface area contributed by atoms with Crippen LogP contribution in [-0.4, -0.2) is 0 Å². The van der Waals surface area contributed by atoms with Crippen LogP contribution in [0.1, 0.15) is 5.56 Å². The number of pyridine rings is 1. The van der Waals surface area contributed by atoms with Crippen molar-refractivity contribution >= 4 is 10.8 Å². The van der Waals surface area contributed by atoms with Crippen LogP contribution in [0.25, 0.3) is 22.0 Å². The van der Waals surface area contributed by atoms with Crippen LogP contribution >= 0.6 is 0 Å². The van der Waals surface area contributed by atoms with Gasteiger partial charge < -0.3 is 0 Å². The molecule has 0 fully saturated rings. The molecule has 0 spiro atoms. The first-order valence-electron chi connectivity index (χ1n) is 5.81. The lowest BCUT2D eigenvalue weighted by atomic mass is 10.0. The van der Waals surface area contributed by atoms with Gasteiger partial charge in [0.1, 0.15) is 0 Å². The highest BCUT2D eigenvalue weighted by Gasteiger charge is 2.09. The van der Waals surface area contributed by atoms with E-state index < -0.39 is 0 Å². The Morgan fingerprint density at radius 3 is 2.41 bits per heavy atom. The van der Waals surface area contributed by atoms with Gasteiger partial charge >= 0.3 is 0 Å². The molecule has 0 radical (unpaired) electrons. The van der Waals surface area contributed by atoms with E-state index in [1.807, 2.05) is 6.20 Å². The monoisotopic (exact) mass is 220 g/mol. The van der Waals surface area contributed by atoms with Crippen LogP contribution in [0.5, 0.6) is 0 Å². The number of hydrogen-bond donors (Lipinski definition) is 0. The second-order valence-electron chi connectivity index (χ2n) is 4.31. The van der Waals surface area contributed by atoms with Crippen LogP contribution in [-0.2, 0) is 0 Å². The third-order valence-corrected chi connectivity index (χ3v) is 3.06. The fourth-order valence-electron chi connectivity index (χ4n) is 2.12. The van der Waals surface area contributed by atoms with Crippen molar-refractivity contribution in [3.63, 3.8) is 0 Å². The molecule has 0 amide bonds. The summed E-state index contributed by atoms with van der Waals surface area (Å²) in [5.74, 6) is 0. The molecule has 0 bridgehead atoms. The molecule has 0 saturated heterocycles. The van der Waals surface area contributed by atoms with E-state index in [1.54, 1.807) is 0 Å². The lowest BCUT2D eigenvalue weighted by Crippen LogP contribution is -2.05. The first-order chi connectivity index (χ1) is 8.34. The molecule has 2 aromatic carbocycles. The minimum absolute atomic E-state index is 1.18. The van der Waals surface area contributed by atoms with E-state index in [0.717, 1.165) is 0 Å². The van der Waals surface area contributed by atoms with Gasteiger partial charge in [-0.3, -0.25) is 0 Å². The topological polar surface area (TPSA) is 14.1 Å². The van der Waals surface area contributed by atoms with E-state index in [-0.39, 0.29) is 0 Å². The van der Waals surface area contributed by atoms with Gasteiger partial charge in [0, 0.05) is 11.6 Å². The van der Waals surface area contributed by atoms with Gasteiger partial charge in [-0.2, -0.15) is 0 Å². The van der Waals surface area contributed by atoms with Gasteiger partial charge in [-0.1, -0.05) is 35.9 Å². The standard InChI is InChI=1S/C16H13N/c1-12-6-8-14(9-7-12)16-15-5-3-2-4-13(15)10-11-17-16/h2-11H,1H3/p+1. The molecule has 3 aromatic rings. The van der Waals surface area contributed by atoms with E-state index in [0.29, 0.717) is 0 Å². The molecule has 0 aliphatic heterocycles. The first kappa shape index (κ1) is 10.0. The van der Waals surface area contributed by atoms with Crippen molar-refractivity contribution in [3.8, 4) is 11.3 Å². The third-order valence-electron chi connectivity index (χ3n) is 3.06. The fourth-order valence-corrected chi connectivity index (χ4v) is 2.12. The Morgan fingerprint density at radius 2 is 1.59 bits per heavy atom. The predicted octanol–water partition coefficient (Wildman–Crippen LogP) is 3.63. The number of aryl methyl sites for hydroxylation is 1. The largest absolute Gasteiger partial charge is 0.218 e. The third kappa shape index (κ3) is 1.80. The molecule has 0 aliphatic rings. The summed E-state index contributed by atoms with van der Waals surface area (Å²) in [6, 6.07) is 19.2. The van der Waals surface area contributed by atoms with Gasteiger partial charge in [0.25, 0.3) is 0 Å². The van der Waals surface area contributed by atoms with Crippen LogP contribution < -0.4 is 4.98 Å². The van der Waals surface area contributed by atoms with Gasteiger partial charge in [-0.05, 0) is 30.5 Å². The van der Waals surface area contributed by atoms with Crippen molar-refractivity contribution < 1.29 is 4.98 Å². The number of rotatable bonds is 1. The summed E-state index contributed by atoms with van der Waals surface area (Å²) in [5, 5.41) is 2.53. The summed E-state index contributed by atoms with van der Waals surface area (Å²) in [5.41, 5.74) is 3.70. The zero-order chi connectivity index (χ0) is 11.7. The maximum absolute atomic E-state index is 3.35. The smallest absolute Gasteiger partial charge is 0.211 e. The molecule has 82 valence electrons. The normalized spacial score (nSPS) is 10.6. The van der Waals surface area contributed by atoms with Crippen LogP contribution in [0.15, 0.2) is 60.8 Å². The minimum atomic E-state index is 1.18. The van der Waals surface area contributed by atoms with Gasteiger partial charge in [0.15, 0.2) is 6.20 Å². The van der Waals surface area contributed by atoms with E-state index in [2.05, 4.69) is 66.5 Å². The molecule has 0 atom stereocenters. The maximum Gasteiger partial charge on any atom is 0.218 e. The number of aromatic amines is 1. The predicted molar refractivity (Wildman–Crippen MR) is 70.7 cm³/mol. The summed E-state index contributed by atoms with van der Waals surface area (Å²) < 4.78 is 0. The molecular weight excluding hydrogens is 206 g/mol. The van der Waals surface area contributed by atoms with Crippen LogP contribution in [0, 0.1) is 6.92 Å². The second-order valence-corrected chi connectivity index (χ2v) is 4.31. The number of nitrogens with one attached hydrogen (secondary N) is 1. The minimum Gasteiger partial charge on any atom is -0.211 e. The molecule has 0 aliphatic carbocycles. The number of aromatic nitrogens is 1. The Bertz CT molecular complexity index is 648. The molecule has 0 saturated carbocycles. The van der Waals surface area contributed by atoms with E-state index in [1.165, 1.54) is 27.6 Å². The SMILES string of the molecule is Cc1ccc(-c2[nH+]ccc3ccccc23)cc1. The summed E-state index contributed by atoms with van der Waals surface area (Å²) in [6.45, 7) is 2.11. The molecule has 1 nitrogen and oxygen atoms in total. The summed E-state index contributed by atoms with van der Waals surface area (Å²) in [4.78, 5) is 3.35. The Hall–Kier alpha value is -2.15. The fraction of sp³-hybridized carbons (Fsp3) is 0.0625. The van der Waals surface area contributed by atoms with E-state index in [4.69, 9.17) is 0 Å². The molecule has 0 unspecified atom stereocenters. The second kappa shape index (κ2) is 4.02. The lowest BCUT2D eigenvalue weighted by molar-refractivity contribution is -0.362. The molecule has 1 heterocycles. The maximum atomic E-state index is 3.35. The number of H-pyrrole nitrogens is 1. The van der Waals surface area contributed by atoms with Crippen molar-refractivity contribution in [2.45, 2.75) is 6.92 Å². The number of benzene rings is 2. The molecular formula is C16H14N+. The van der Waals surface area contributed by atoms with Crippen molar-refractivity contribution in [1.29, 1.82) is 0 Å². The molecule has 1 N–H and O–H groups in total. The van der Waals surface area contributed by atoms with Gasteiger partial charge in [-0.15, -0.1) is 0 Å². The number of hydrogen-bond acceptors (Lipinski definition) is 0. The van der Waals surface area contributed by atoms with Crippen molar-refractivity contribution in [1.82, 2.24) is 0 Å². The summed E-state index contributed by atoms with van der Waals surface area (Å²) >= 11 is 0.